The van der Waals surface area contributed by atoms with Gasteiger partial charge < -0.3 is 10.3 Å². The third-order valence-corrected chi connectivity index (χ3v) is 3.46. The Morgan fingerprint density at radius 1 is 1.35 bits per heavy atom. The van der Waals surface area contributed by atoms with Crippen LogP contribution in [0.5, 0.6) is 0 Å². The first-order valence-electron chi connectivity index (χ1n) is 5.92. The highest BCUT2D eigenvalue weighted by Crippen LogP contribution is 2.22. The van der Waals surface area contributed by atoms with Crippen molar-refractivity contribution in [3.63, 3.8) is 0 Å². The van der Waals surface area contributed by atoms with Gasteiger partial charge in [0.1, 0.15) is 0 Å². The van der Waals surface area contributed by atoms with Gasteiger partial charge in [0, 0.05) is 24.5 Å². The maximum Gasteiger partial charge on any atom is 0.255 e. The first-order chi connectivity index (χ1) is 8.11. The fourth-order valence-corrected chi connectivity index (χ4v) is 2.44. The average molecular weight is 230 g/mol. The fraction of sp³-hybridized carbons (Fsp3) is 0.357. The maximum atomic E-state index is 12.2. The Balaban J connectivity index is 3.03. The lowest BCUT2D eigenvalue weighted by Crippen LogP contribution is -2.25. The van der Waals surface area contributed by atoms with Gasteiger partial charge >= 0.3 is 0 Å². The summed E-state index contributed by atoms with van der Waals surface area (Å²) in [6.07, 6.45) is 0.923. The number of para-hydroxylation sites is 1. The van der Waals surface area contributed by atoms with Crippen molar-refractivity contribution in [2.24, 2.45) is 12.8 Å². The predicted octanol–water partition coefficient (Wildman–Crippen LogP) is 1.87. The molecule has 1 aromatic carbocycles. The van der Waals surface area contributed by atoms with E-state index in [4.69, 9.17) is 5.73 Å². The number of nitrogens with two attached hydrogens (primary N) is 1. The number of rotatable bonds is 2. The third kappa shape index (κ3) is 1.67. The van der Waals surface area contributed by atoms with Gasteiger partial charge in [0.25, 0.3) is 5.56 Å². The van der Waals surface area contributed by atoms with Crippen LogP contribution in [0.1, 0.15) is 23.6 Å². The number of pyridine rings is 1. The van der Waals surface area contributed by atoms with Gasteiger partial charge in [-0.3, -0.25) is 4.79 Å². The Kier molecular flexibility index (Phi) is 3.03. The van der Waals surface area contributed by atoms with Crippen molar-refractivity contribution >= 4 is 10.9 Å². The molecule has 0 amide bonds. The minimum atomic E-state index is 0.0263. The summed E-state index contributed by atoms with van der Waals surface area (Å²) in [5, 5.41) is 1.13. The zero-order valence-electron chi connectivity index (χ0n) is 10.6. The molecule has 0 spiro atoms. The van der Waals surface area contributed by atoms with Gasteiger partial charge in [-0.05, 0) is 24.5 Å². The van der Waals surface area contributed by atoms with E-state index in [9.17, 15) is 4.79 Å². The van der Waals surface area contributed by atoms with Crippen LogP contribution >= 0.6 is 0 Å². The topological polar surface area (TPSA) is 48.0 Å². The van der Waals surface area contributed by atoms with Crippen molar-refractivity contribution in [1.29, 1.82) is 0 Å². The molecule has 0 aliphatic heterocycles. The van der Waals surface area contributed by atoms with Crippen LogP contribution < -0.4 is 11.3 Å². The van der Waals surface area contributed by atoms with Crippen molar-refractivity contribution < 1.29 is 0 Å². The quantitative estimate of drug-likeness (QED) is 0.856. The monoisotopic (exact) mass is 230 g/mol. The highest BCUT2D eigenvalue weighted by atomic mass is 16.1. The first-order valence-corrected chi connectivity index (χ1v) is 5.92. The molecule has 2 rings (SSSR count). The normalized spacial score (nSPS) is 11.1. The van der Waals surface area contributed by atoms with E-state index in [1.165, 1.54) is 5.56 Å². The van der Waals surface area contributed by atoms with Gasteiger partial charge in [0.2, 0.25) is 0 Å². The molecule has 1 heterocycles. The molecule has 90 valence electrons. The molecule has 0 unspecified atom stereocenters. The molecule has 17 heavy (non-hydrogen) atoms. The van der Waals surface area contributed by atoms with Crippen LogP contribution in [0.2, 0.25) is 0 Å². The molecule has 2 aromatic rings. The summed E-state index contributed by atoms with van der Waals surface area (Å²) >= 11 is 0. The number of nitrogens with zero attached hydrogens (tertiary/aromatic N) is 1. The molecule has 3 heteroatoms. The van der Waals surface area contributed by atoms with E-state index in [1.54, 1.807) is 4.57 Å². The molecule has 1 aromatic heterocycles. The third-order valence-electron chi connectivity index (χ3n) is 3.46. The van der Waals surface area contributed by atoms with E-state index in [-0.39, 0.29) is 5.56 Å². The minimum absolute atomic E-state index is 0.0263. The average Bonchev–Trinajstić information content (AvgIpc) is 2.36. The van der Waals surface area contributed by atoms with Crippen molar-refractivity contribution in [1.82, 2.24) is 4.57 Å². The molecule has 0 saturated carbocycles. The van der Waals surface area contributed by atoms with Gasteiger partial charge in [0.05, 0.1) is 5.52 Å². The van der Waals surface area contributed by atoms with Crippen molar-refractivity contribution in [2.45, 2.75) is 26.8 Å². The second kappa shape index (κ2) is 4.34. The number of benzene rings is 1. The number of hydrogen-bond acceptors (Lipinski definition) is 2. The van der Waals surface area contributed by atoms with E-state index >= 15 is 0 Å². The molecule has 0 atom stereocenters. The Morgan fingerprint density at radius 3 is 2.65 bits per heavy atom. The molecule has 0 bridgehead atoms. The second-order valence-electron chi connectivity index (χ2n) is 4.34. The van der Waals surface area contributed by atoms with Crippen LogP contribution in [0.3, 0.4) is 0 Å². The largest absolute Gasteiger partial charge is 0.326 e. The fourth-order valence-electron chi connectivity index (χ4n) is 2.44. The molecule has 0 aliphatic carbocycles. The summed E-state index contributed by atoms with van der Waals surface area (Å²) < 4.78 is 1.73. The summed E-state index contributed by atoms with van der Waals surface area (Å²) in [6, 6.07) is 6.17. The van der Waals surface area contributed by atoms with Crippen LogP contribution in [0.4, 0.5) is 0 Å². The van der Waals surface area contributed by atoms with Gasteiger partial charge in [-0.1, -0.05) is 25.1 Å². The molecule has 0 radical (unpaired) electrons. The summed E-state index contributed by atoms with van der Waals surface area (Å²) in [7, 11) is 1.82. The van der Waals surface area contributed by atoms with Gasteiger partial charge in [-0.2, -0.15) is 0 Å². The maximum absolute atomic E-state index is 12.2. The summed E-state index contributed by atoms with van der Waals surface area (Å²) in [5.41, 5.74) is 9.66. The lowest BCUT2D eigenvalue weighted by Gasteiger charge is -2.14. The summed E-state index contributed by atoms with van der Waals surface area (Å²) in [5.74, 6) is 0. The highest BCUT2D eigenvalue weighted by Gasteiger charge is 2.12. The van der Waals surface area contributed by atoms with E-state index in [0.29, 0.717) is 12.1 Å². The van der Waals surface area contributed by atoms with Crippen LogP contribution in [-0.2, 0) is 20.0 Å². The first kappa shape index (κ1) is 11.9. The standard InChI is InChI=1S/C14H18N2O/c1-4-10-6-5-7-11-9(2)12(8-15)14(17)16(3)13(10)11/h5-7H,4,8,15H2,1-3H3. The number of aryl methyl sites for hydroxylation is 3. The Morgan fingerprint density at radius 2 is 2.06 bits per heavy atom. The van der Waals surface area contributed by atoms with Crippen LogP contribution in [-0.4, -0.2) is 4.57 Å². The SMILES string of the molecule is CCc1cccc2c(C)c(CN)c(=O)n(C)c12. The van der Waals surface area contributed by atoms with Crippen LogP contribution in [0.15, 0.2) is 23.0 Å². The number of fused-ring (bicyclic) bond motifs is 1. The Hall–Kier alpha value is -1.61. The molecular formula is C14H18N2O. The second-order valence-corrected chi connectivity index (χ2v) is 4.34. The zero-order valence-corrected chi connectivity index (χ0v) is 10.6. The molecule has 0 saturated heterocycles. The van der Waals surface area contributed by atoms with Crippen LogP contribution in [0.25, 0.3) is 10.9 Å². The lowest BCUT2D eigenvalue weighted by atomic mass is 10.0. The highest BCUT2D eigenvalue weighted by molar-refractivity contribution is 5.86. The minimum Gasteiger partial charge on any atom is -0.326 e. The van der Waals surface area contributed by atoms with Crippen molar-refractivity contribution in [3.05, 3.63) is 45.2 Å². The number of aromatic nitrogens is 1. The zero-order chi connectivity index (χ0) is 12.6. The molecule has 3 nitrogen and oxygen atoms in total. The smallest absolute Gasteiger partial charge is 0.255 e. The Bertz CT molecular complexity index is 626. The van der Waals surface area contributed by atoms with Gasteiger partial charge in [-0.15, -0.1) is 0 Å². The number of hydrogen-bond donors (Lipinski definition) is 1. The van der Waals surface area contributed by atoms with Crippen LogP contribution in [0, 0.1) is 6.92 Å². The van der Waals surface area contributed by atoms with Gasteiger partial charge in [0.15, 0.2) is 0 Å². The molecule has 0 aliphatic rings. The summed E-state index contributed by atoms with van der Waals surface area (Å²) in [4.78, 5) is 12.2. The molecule has 0 fully saturated rings. The summed E-state index contributed by atoms with van der Waals surface area (Å²) in [6.45, 7) is 4.38. The van der Waals surface area contributed by atoms with Gasteiger partial charge in [-0.25, -0.2) is 0 Å². The van der Waals surface area contributed by atoms with Crippen molar-refractivity contribution in [3.8, 4) is 0 Å². The predicted molar refractivity (Wildman–Crippen MR) is 71.2 cm³/mol. The molecular weight excluding hydrogens is 212 g/mol. The Labute approximate surface area is 101 Å². The van der Waals surface area contributed by atoms with Crippen molar-refractivity contribution in [2.75, 3.05) is 0 Å². The molecule has 2 N–H and O–H groups in total. The van der Waals surface area contributed by atoms with E-state index in [2.05, 4.69) is 19.1 Å². The van der Waals surface area contributed by atoms with E-state index < -0.39 is 0 Å². The van der Waals surface area contributed by atoms with E-state index in [0.717, 1.165) is 22.9 Å². The van der Waals surface area contributed by atoms with E-state index in [1.807, 2.05) is 20.0 Å². The lowest BCUT2D eigenvalue weighted by molar-refractivity contribution is 0.855.